The molecule has 0 aliphatic carbocycles. The first kappa shape index (κ1) is 27.4. The van der Waals surface area contributed by atoms with Crippen LogP contribution in [-0.2, 0) is 37.3 Å². The number of rotatable bonds is 11. The van der Waals surface area contributed by atoms with Gasteiger partial charge in [-0.3, -0.25) is 24.0 Å². The van der Waals surface area contributed by atoms with Crippen LogP contribution in [0.15, 0.2) is 23.0 Å². The van der Waals surface area contributed by atoms with Crippen LogP contribution in [0.2, 0.25) is 0 Å². The van der Waals surface area contributed by atoms with Crippen molar-refractivity contribution in [3.8, 4) is 0 Å². The van der Waals surface area contributed by atoms with Gasteiger partial charge in [-0.15, -0.1) is 0 Å². The smallest absolute Gasteiger partial charge is 0.407 e. The zero-order chi connectivity index (χ0) is 26.3. The Kier molecular flexibility index (Phi) is 9.27. The van der Waals surface area contributed by atoms with E-state index in [0.717, 1.165) is 17.5 Å². The Morgan fingerprint density at radius 1 is 1.11 bits per heavy atom. The van der Waals surface area contributed by atoms with E-state index >= 15 is 0 Å². The Bertz CT molecular complexity index is 1150. The molecule has 0 bridgehead atoms. The lowest BCUT2D eigenvalue weighted by molar-refractivity contribution is -0.135. The predicted molar refractivity (Wildman–Crippen MR) is 133 cm³/mol. The predicted octanol–water partition coefficient (Wildman–Crippen LogP) is 1.81. The summed E-state index contributed by atoms with van der Waals surface area (Å²) in [5.41, 5.74) is 1.65. The third-order valence-electron chi connectivity index (χ3n) is 5.73. The second kappa shape index (κ2) is 12.2. The van der Waals surface area contributed by atoms with Gasteiger partial charge in [-0.05, 0) is 51.7 Å². The quantitative estimate of drug-likeness (QED) is 0.353. The van der Waals surface area contributed by atoms with Crippen molar-refractivity contribution in [1.29, 1.82) is 0 Å². The Labute approximate surface area is 210 Å². The molecule has 1 unspecified atom stereocenters. The van der Waals surface area contributed by atoms with Crippen LogP contribution in [0.5, 0.6) is 0 Å². The number of carbonyl (C=O) groups is 3. The van der Waals surface area contributed by atoms with Crippen molar-refractivity contribution in [2.75, 3.05) is 33.0 Å². The monoisotopic (exact) mass is 504 g/mol. The summed E-state index contributed by atoms with van der Waals surface area (Å²) in [7, 11) is 1.70. The molecule has 1 aromatic heterocycles. The number of fused-ring (bicyclic) bond motifs is 1. The molecular formula is C25H36N4O7. The molecule has 198 valence electrons. The van der Waals surface area contributed by atoms with Gasteiger partial charge < -0.3 is 19.5 Å². The van der Waals surface area contributed by atoms with Gasteiger partial charge in [-0.2, -0.15) is 0 Å². The van der Waals surface area contributed by atoms with Crippen LogP contribution in [0.1, 0.15) is 51.6 Å². The highest BCUT2D eigenvalue weighted by Crippen LogP contribution is 2.25. The van der Waals surface area contributed by atoms with Gasteiger partial charge in [-0.25, -0.2) is 9.59 Å². The van der Waals surface area contributed by atoms with Crippen molar-refractivity contribution >= 4 is 28.9 Å². The van der Waals surface area contributed by atoms with Crippen LogP contribution in [0.3, 0.4) is 0 Å². The molecule has 3 amide bonds. The zero-order valence-electron chi connectivity index (χ0n) is 21.4. The van der Waals surface area contributed by atoms with Crippen LogP contribution in [0.4, 0.5) is 4.79 Å². The lowest BCUT2D eigenvalue weighted by Gasteiger charge is -2.21. The third kappa shape index (κ3) is 7.17. The highest BCUT2D eigenvalue weighted by Gasteiger charge is 2.31. The van der Waals surface area contributed by atoms with E-state index in [0.29, 0.717) is 51.3 Å². The number of nitrogens with zero attached hydrogens (tertiary/aromatic N) is 2. The maximum Gasteiger partial charge on any atom is 0.407 e. The number of hydrogen-bond acceptors (Lipinski definition) is 7. The van der Waals surface area contributed by atoms with Crippen molar-refractivity contribution in [3.05, 3.63) is 34.2 Å². The fourth-order valence-electron chi connectivity index (χ4n) is 4.18. The molecule has 1 aromatic carbocycles. The van der Waals surface area contributed by atoms with Gasteiger partial charge in [0.1, 0.15) is 11.6 Å². The highest BCUT2D eigenvalue weighted by atomic mass is 16.6. The van der Waals surface area contributed by atoms with Crippen molar-refractivity contribution in [2.45, 2.75) is 58.1 Å². The molecule has 0 spiro atoms. The average Bonchev–Trinajstić information content (AvgIpc) is 3.05. The molecule has 2 N–H and O–H groups in total. The number of imidazole rings is 1. The second-order valence-electron chi connectivity index (χ2n) is 9.72. The molecule has 36 heavy (non-hydrogen) atoms. The fraction of sp³-hybridized carbons (Fsp3) is 0.600. The van der Waals surface area contributed by atoms with Crippen LogP contribution in [-0.4, -0.2) is 65.6 Å². The minimum absolute atomic E-state index is 0.209. The second-order valence-corrected chi connectivity index (χ2v) is 9.72. The first-order valence-corrected chi connectivity index (χ1v) is 12.2. The van der Waals surface area contributed by atoms with Crippen molar-refractivity contribution in [1.82, 2.24) is 19.8 Å². The van der Waals surface area contributed by atoms with Crippen LogP contribution >= 0.6 is 0 Å². The van der Waals surface area contributed by atoms with Crippen molar-refractivity contribution in [3.63, 3.8) is 0 Å². The lowest BCUT2D eigenvalue weighted by atomic mass is 10.0. The maximum atomic E-state index is 13.0. The molecule has 2 aromatic rings. The van der Waals surface area contributed by atoms with Gasteiger partial charge in [0.25, 0.3) is 0 Å². The molecule has 3 rings (SSSR count). The molecule has 0 saturated carbocycles. The average molecular weight is 505 g/mol. The number of aryl methyl sites for hydroxylation is 2. The minimum atomic E-state index is -0.697. The van der Waals surface area contributed by atoms with E-state index in [2.05, 4.69) is 10.6 Å². The summed E-state index contributed by atoms with van der Waals surface area (Å²) >= 11 is 0. The molecule has 1 saturated heterocycles. The number of hydrogen-bond donors (Lipinski definition) is 2. The van der Waals surface area contributed by atoms with E-state index in [1.165, 1.54) is 4.57 Å². The fourth-order valence-corrected chi connectivity index (χ4v) is 4.18. The number of para-hydroxylation sites is 1. The van der Waals surface area contributed by atoms with Crippen LogP contribution in [0, 0.1) is 0 Å². The minimum Gasteiger partial charge on any atom is -0.444 e. The Hall–Kier alpha value is -3.18. The molecule has 11 heteroatoms. The SMILES string of the molecule is Cn1c(=O)n(C2CCC(=O)NC2=O)c2cccc(CCCOCCOCCNC(=O)OC(C)(C)C)c21. The normalized spacial score (nSPS) is 16.3. The van der Waals surface area contributed by atoms with Gasteiger partial charge in [-0.1, -0.05) is 12.1 Å². The molecule has 1 aliphatic rings. The lowest BCUT2D eigenvalue weighted by Crippen LogP contribution is -2.44. The number of ether oxygens (including phenoxy) is 3. The van der Waals surface area contributed by atoms with E-state index in [1.54, 1.807) is 32.4 Å². The first-order valence-electron chi connectivity index (χ1n) is 12.2. The number of carbonyl (C=O) groups excluding carboxylic acids is 3. The summed E-state index contributed by atoms with van der Waals surface area (Å²) in [6, 6.07) is 4.98. The number of imide groups is 1. The van der Waals surface area contributed by atoms with Gasteiger partial charge >= 0.3 is 11.8 Å². The van der Waals surface area contributed by atoms with E-state index in [9.17, 15) is 19.2 Å². The van der Waals surface area contributed by atoms with E-state index in [4.69, 9.17) is 14.2 Å². The van der Waals surface area contributed by atoms with Crippen molar-refractivity contribution in [2.24, 2.45) is 7.05 Å². The Morgan fingerprint density at radius 2 is 1.83 bits per heavy atom. The van der Waals surface area contributed by atoms with Gasteiger partial charge in [0.15, 0.2) is 0 Å². The Balaban J connectivity index is 1.43. The van der Waals surface area contributed by atoms with E-state index in [1.807, 2.05) is 18.2 Å². The summed E-state index contributed by atoms with van der Waals surface area (Å²) in [6.45, 7) is 7.50. The Morgan fingerprint density at radius 3 is 2.53 bits per heavy atom. The molecule has 1 fully saturated rings. The van der Waals surface area contributed by atoms with Gasteiger partial charge in [0, 0.05) is 26.6 Å². The van der Waals surface area contributed by atoms with Crippen LogP contribution < -0.4 is 16.3 Å². The number of benzene rings is 1. The van der Waals surface area contributed by atoms with Crippen molar-refractivity contribution < 1.29 is 28.6 Å². The number of alkyl carbamates (subject to hydrolysis) is 1. The molecule has 2 heterocycles. The van der Waals surface area contributed by atoms with E-state index < -0.39 is 23.6 Å². The molecular weight excluding hydrogens is 468 g/mol. The number of nitrogens with one attached hydrogen (secondary N) is 2. The number of amides is 3. The number of piperidine rings is 1. The maximum absolute atomic E-state index is 13.0. The summed E-state index contributed by atoms with van der Waals surface area (Å²) in [5, 5.41) is 4.96. The standard InChI is InChI=1S/C25H36N4O7/c1-25(2,3)36-23(32)26-12-14-35-16-15-34-13-6-8-17-7-5-9-18-21(17)28(4)24(33)29(18)19-10-11-20(30)27-22(19)31/h5,7,9,19H,6,8,10-16H2,1-4H3,(H,26,32)(H,27,30,31). The third-order valence-corrected chi connectivity index (χ3v) is 5.73. The molecule has 1 aliphatic heterocycles. The molecule has 11 nitrogen and oxygen atoms in total. The summed E-state index contributed by atoms with van der Waals surface area (Å²) in [4.78, 5) is 48.4. The summed E-state index contributed by atoms with van der Waals surface area (Å²) < 4.78 is 19.3. The summed E-state index contributed by atoms with van der Waals surface area (Å²) in [6.07, 6.45) is 1.49. The molecule has 0 radical (unpaired) electrons. The molecule has 1 atom stereocenters. The van der Waals surface area contributed by atoms with Gasteiger partial charge in [0.2, 0.25) is 11.8 Å². The zero-order valence-corrected chi connectivity index (χ0v) is 21.4. The van der Waals surface area contributed by atoms with E-state index in [-0.39, 0.29) is 18.0 Å². The summed E-state index contributed by atoms with van der Waals surface area (Å²) in [5.74, 6) is -0.754. The first-order chi connectivity index (χ1) is 17.1. The largest absolute Gasteiger partial charge is 0.444 e. The highest BCUT2D eigenvalue weighted by molar-refractivity contribution is 6.00. The van der Waals surface area contributed by atoms with Crippen LogP contribution in [0.25, 0.3) is 11.0 Å². The number of aromatic nitrogens is 2. The van der Waals surface area contributed by atoms with Gasteiger partial charge in [0.05, 0.1) is 30.9 Å². The topological polar surface area (TPSA) is 130 Å².